The second-order valence-electron chi connectivity index (χ2n) is 4.62. The second kappa shape index (κ2) is 7.21. The monoisotopic (exact) mass is 300 g/mol. The Balaban J connectivity index is 2.14. The van der Waals surface area contributed by atoms with Crippen LogP contribution in [0, 0.1) is 0 Å². The third-order valence-corrected chi connectivity index (χ3v) is 3.16. The number of aromatic nitrogens is 1. The fourth-order valence-electron chi connectivity index (χ4n) is 2.04. The first-order chi connectivity index (χ1) is 10.6. The van der Waals surface area contributed by atoms with Crippen molar-refractivity contribution in [3.63, 3.8) is 0 Å². The average molecular weight is 300 g/mol. The maximum absolute atomic E-state index is 12.1. The molecular formula is C16H16N2O4. The van der Waals surface area contributed by atoms with Gasteiger partial charge in [-0.2, -0.15) is 0 Å². The van der Waals surface area contributed by atoms with Crippen LogP contribution in [0.4, 0.5) is 0 Å². The van der Waals surface area contributed by atoms with E-state index in [1.54, 1.807) is 24.3 Å². The lowest BCUT2D eigenvalue weighted by molar-refractivity contribution is -0.139. The van der Waals surface area contributed by atoms with Crippen molar-refractivity contribution in [2.75, 3.05) is 7.11 Å². The third-order valence-electron chi connectivity index (χ3n) is 3.16. The van der Waals surface area contributed by atoms with Gasteiger partial charge in [-0.05, 0) is 23.8 Å². The van der Waals surface area contributed by atoms with Crippen molar-refractivity contribution in [1.82, 2.24) is 10.3 Å². The normalized spacial score (nSPS) is 11.5. The summed E-state index contributed by atoms with van der Waals surface area (Å²) in [7, 11) is 1.52. The van der Waals surface area contributed by atoms with Crippen LogP contribution in [0.25, 0.3) is 0 Å². The number of aliphatic carboxylic acids is 1. The number of hydrogen-bond acceptors (Lipinski definition) is 4. The molecule has 1 heterocycles. The molecule has 0 fully saturated rings. The van der Waals surface area contributed by atoms with Crippen molar-refractivity contribution in [2.24, 2.45) is 0 Å². The van der Waals surface area contributed by atoms with Gasteiger partial charge in [0.15, 0.2) is 0 Å². The van der Waals surface area contributed by atoms with Crippen LogP contribution < -0.4 is 10.1 Å². The van der Waals surface area contributed by atoms with Gasteiger partial charge >= 0.3 is 5.97 Å². The molecule has 0 saturated heterocycles. The van der Waals surface area contributed by atoms with Gasteiger partial charge in [0.2, 0.25) is 0 Å². The van der Waals surface area contributed by atoms with Gasteiger partial charge in [-0.25, -0.2) is 4.79 Å². The van der Waals surface area contributed by atoms with E-state index in [1.807, 2.05) is 0 Å². The van der Waals surface area contributed by atoms with Crippen molar-refractivity contribution >= 4 is 11.9 Å². The zero-order valence-corrected chi connectivity index (χ0v) is 12.0. The third kappa shape index (κ3) is 3.82. The first-order valence-corrected chi connectivity index (χ1v) is 6.67. The molecule has 0 aliphatic heterocycles. The molecule has 1 aromatic heterocycles. The molecule has 0 spiro atoms. The molecule has 2 rings (SSSR count). The van der Waals surface area contributed by atoms with Crippen LogP contribution in [0.5, 0.6) is 5.75 Å². The van der Waals surface area contributed by atoms with Crippen LogP contribution in [0.1, 0.15) is 15.9 Å². The van der Waals surface area contributed by atoms with Crippen molar-refractivity contribution in [2.45, 2.75) is 12.5 Å². The highest BCUT2D eigenvalue weighted by molar-refractivity contribution is 5.96. The van der Waals surface area contributed by atoms with Gasteiger partial charge in [0, 0.05) is 24.4 Å². The molecule has 0 aliphatic carbocycles. The van der Waals surface area contributed by atoms with E-state index >= 15 is 0 Å². The quantitative estimate of drug-likeness (QED) is 0.844. The van der Waals surface area contributed by atoms with Gasteiger partial charge in [0.25, 0.3) is 5.91 Å². The van der Waals surface area contributed by atoms with Crippen LogP contribution in [0.2, 0.25) is 0 Å². The topological polar surface area (TPSA) is 88.5 Å². The van der Waals surface area contributed by atoms with E-state index in [4.69, 9.17) is 4.74 Å². The fourth-order valence-corrected chi connectivity index (χ4v) is 2.04. The van der Waals surface area contributed by atoms with E-state index in [9.17, 15) is 14.7 Å². The number of nitrogens with zero attached hydrogens (tertiary/aromatic N) is 1. The Morgan fingerprint density at radius 2 is 1.91 bits per heavy atom. The minimum absolute atomic E-state index is 0.135. The average Bonchev–Trinajstić information content (AvgIpc) is 2.55. The highest BCUT2D eigenvalue weighted by atomic mass is 16.5. The standard InChI is InChI=1S/C16H16N2O4/c1-22-14-5-3-2-4-12(14)10-13(16(20)21)18-15(19)11-6-8-17-9-7-11/h2-9,13H,10H2,1H3,(H,18,19)(H,20,21)/t13-/m1/s1. The summed E-state index contributed by atoms with van der Waals surface area (Å²) in [5.41, 5.74) is 1.08. The molecule has 1 amide bonds. The molecule has 6 nitrogen and oxygen atoms in total. The molecule has 22 heavy (non-hydrogen) atoms. The molecule has 2 aromatic rings. The molecule has 6 heteroatoms. The van der Waals surface area contributed by atoms with E-state index in [-0.39, 0.29) is 6.42 Å². The van der Waals surface area contributed by atoms with Gasteiger partial charge in [-0.1, -0.05) is 18.2 Å². The van der Waals surface area contributed by atoms with Crippen molar-refractivity contribution in [3.8, 4) is 5.75 Å². The Labute approximate surface area is 127 Å². The Kier molecular flexibility index (Phi) is 5.08. The van der Waals surface area contributed by atoms with E-state index in [0.717, 1.165) is 0 Å². The molecule has 1 atom stereocenters. The van der Waals surface area contributed by atoms with Gasteiger partial charge in [0.05, 0.1) is 7.11 Å². The number of ether oxygens (including phenoxy) is 1. The SMILES string of the molecule is COc1ccccc1C[C@@H](NC(=O)c1ccncc1)C(=O)O. The number of methoxy groups -OCH3 is 1. The summed E-state index contributed by atoms with van der Waals surface area (Å²) >= 11 is 0. The Hall–Kier alpha value is -2.89. The lowest BCUT2D eigenvalue weighted by atomic mass is 10.0. The maximum atomic E-state index is 12.1. The van der Waals surface area contributed by atoms with Crippen molar-refractivity contribution in [3.05, 3.63) is 59.9 Å². The molecule has 2 N–H and O–H groups in total. The van der Waals surface area contributed by atoms with Crippen LogP contribution >= 0.6 is 0 Å². The van der Waals surface area contributed by atoms with E-state index in [2.05, 4.69) is 10.3 Å². The Bertz CT molecular complexity index is 658. The number of amides is 1. The van der Waals surface area contributed by atoms with Gasteiger partial charge in [0.1, 0.15) is 11.8 Å². The van der Waals surface area contributed by atoms with Crippen LogP contribution in [-0.4, -0.2) is 35.1 Å². The Morgan fingerprint density at radius 1 is 1.23 bits per heavy atom. The number of carbonyl (C=O) groups excluding carboxylic acids is 1. The summed E-state index contributed by atoms with van der Waals surface area (Å²) in [5, 5.41) is 11.8. The molecular weight excluding hydrogens is 284 g/mol. The van der Waals surface area contributed by atoms with E-state index in [1.165, 1.54) is 31.6 Å². The first kappa shape index (κ1) is 15.5. The highest BCUT2D eigenvalue weighted by Crippen LogP contribution is 2.19. The summed E-state index contributed by atoms with van der Waals surface area (Å²) in [6.45, 7) is 0. The number of hydrogen-bond donors (Lipinski definition) is 2. The lowest BCUT2D eigenvalue weighted by Crippen LogP contribution is -2.42. The molecule has 0 saturated carbocycles. The van der Waals surface area contributed by atoms with Gasteiger partial charge < -0.3 is 15.2 Å². The highest BCUT2D eigenvalue weighted by Gasteiger charge is 2.22. The predicted octanol–water partition coefficient (Wildman–Crippen LogP) is 1.52. The van der Waals surface area contributed by atoms with Crippen LogP contribution in [0.3, 0.4) is 0 Å². The summed E-state index contributed by atoms with van der Waals surface area (Å²) in [4.78, 5) is 27.3. The summed E-state index contributed by atoms with van der Waals surface area (Å²) in [6, 6.07) is 9.12. The number of pyridine rings is 1. The second-order valence-corrected chi connectivity index (χ2v) is 4.62. The minimum Gasteiger partial charge on any atom is -0.496 e. The van der Waals surface area contributed by atoms with Gasteiger partial charge in [-0.15, -0.1) is 0 Å². The summed E-state index contributed by atoms with van der Waals surface area (Å²) in [6.07, 6.45) is 3.09. The fraction of sp³-hybridized carbons (Fsp3) is 0.188. The largest absolute Gasteiger partial charge is 0.496 e. The number of benzene rings is 1. The zero-order chi connectivity index (χ0) is 15.9. The molecule has 0 bridgehead atoms. The number of carboxylic acids is 1. The number of nitrogens with one attached hydrogen (secondary N) is 1. The number of para-hydroxylation sites is 1. The van der Waals surface area contributed by atoms with Crippen LogP contribution in [0.15, 0.2) is 48.8 Å². The molecule has 0 aliphatic rings. The maximum Gasteiger partial charge on any atom is 0.326 e. The number of carbonyl (C=O) groups is 2. The van der Waals surface area contributed by atoms with E-state index in [0.29, 0.717) is 16.9 Å². The van der Waals surface area contributed by atoms with Gasteiger partial charge in [-0.3, -0.25) is 9.78 Å². The smallest absolute Gasteiger partial charge is 0.326 e. The first-order valence-electron chi connectivity index (χ1n) is 6.67. The van der Waals surface area contributed by atoms with Crippen LogP contribution in [-0.2, 0) is 11.2 Å². The zero-order valence-electron chi connectivity index (χ0n) is 12.0. The van der Waals surface area contributed by atoms with Crippen molar-refractivity contribution in [1.29, 1.82) is 0 Å². The molecule has 0 unspecified atom stereocenters. The van der Waals surface area contributed by atoms with Crippen molar-refractivity contribution < 1.29 is 19.4 Å². The molecule has 0 radical (unpaired) electrons. The summed E-state index contributed by atoms with van der Waals surface area (Å²) in [5.74, 6) is -0.968. The predicted molar refractivity (Wildman–Crippen MR) is 79.8 cm³/mol. The number of carboxylic acid groups (broad SMARTS) is 1. The molecule has 1 aromatic carbocycles. The Morgan fingerprint density at radius 3 is 2.55 bits per heavy atom. The van der Waals surface area contributed by atoms with E-state index < -0.39 is 17.9 Å². The minimum atomic E-state index is -1.10. The molecule has 114 valence electrons. The lowest BCUT2D eigenvalue weighted by Gasteiger charge is -2.16. The number of rotatable bonds is 6. The summed E-state index contributed by atoms with van der Waals surface area (Å²) < 4.78 is 5.20.